The lowest BCUT2D eigenvalue weighted by atomic mass is 10.1. The Morgan fingerprint density at radius 1 is 1.17 bits per heavy atom. The molecule has 2 rings (SSSR count). The van der Waals surface area contributed by atoms with Gasteiger partial charge in [0.15, 0.2) is 0 Å². The lowest BCUT2D eigenvalue weighted by Crippen LogP contribution is -2.11. The Balaban J connectivity index is 2.21. The summed E-state index contributed by atoms with van der Waals surface area (Å²) in [6.45, 7) is 4.08. The Morgan fingerprint density at radius 3 is 2.44 bits per heavy atom. The molecular formula is C13H11Br2NOS. The van der Waals surface area contributed by atoms with Crippen LogP contribution in [0.3, 0.4) is 0 Å². The topological polar surface area (TPSA) is 29.1 Å². The number of carbonyl (C=O) groups is 1. The van der Waals surface area contributed by atoms with Gasteiger partial charge in [0.2, 0.25) is 0 Å². The summed E-state index contributed by atoms with van der Waals surface area (Å²) in [5, 5.41) is 2.90. The molecule has 0 spiro atoms. The van der Waals surface area contributed by atoms with E-state index in [9.17, 15) is 4.79 Å². The third-order valence-corrected chi connectivity index (χ3v) is 5.01. The second kappa shape index (κ2) is 5.55. The van der Waals surface area contributed by atoms with Crippen molar-refractivity contribution in [2.75, 3.05) is 5.32 Å². The number of nitrogens with one attached hydrogen (secondary N) is 1. The summed E-state index contributed by atoms with van der Waals surface area (Å²) in [4.78, 5) is 12.1. The highest BCUT2D eigenvalue weighted by Crippen LogP contribution is 2.32. The first-order valence-corrected chi connectivity index (χ1v) is 7.71. The van der Waals surface area contributed by atoms with Gasteiger partial charge in [-0.3, -0.25) is 4.79 Å². The fourth-order valence-electron chi connectivity index (χ4n) is 1.51. The molecule has 1 heterocycles. The standard InChI is InChI=1S/C13H11Br2NOS/c1-7-3-4-9(5-8(7)2)16-13(17)10-6-11(14)18-12(10)15/h3-6H,1-2H3,(H,16,17). The minimum atomic E-state index is -0.105. The van der Waals surface area contributed by atoms with Crippen molar-refractivity contribution in [2.24, 2.45) is 0 Å². The molecule has 0 atom stereocenters. The maximum Gasteiger partial charge on any atom is 0.257 e. The molecule has 0 saturated carbocycles. The van der Waals surface area contributed by atoms with E-state index in [2.05, 4.69) is 37.2 Å². The molecule has 18 heavy (non-hydrogen) atoms. The molecule has 5 heteroatoms. The largest absolute Gasteiger partial charge is 0.322 e. The molecule has 0 fully saturated rings. The summed E-state index contributed by atoms with van der Waals surface area (Å²) in [5.41, 5.74) is 3.84. The zero-order valence-corrected chi connectivity index (χ0v) is 13.9. The average Bonchev–Trinajstić information content (AvgIpc) is 2.63. The van der Waals surface area contributed by atoms with Gasteiger partial charge in [-0.2, -0.15) is 0 Å². The zero-order valence-electron chi connectivity index (χ0n) is 9.88. The number of anilines is 1. The van der Waals surface area contributed by atoms with Crippen LogP contribution in [-0.4, -0.2) is 5.91 Å². The Bertz CT molecular complexity index is 607. The molecule has 0 aliphatic rings. The summed E-state index contributed by atoms with van der Waals surface area (Å²) in [5.74, 6) is -0.105. The molecule has 1 amide bonds. The fraction of sp³-hybridized carbons (Fsp3) is 0.154. The van der Waals surface area contributed by atoms with E-state index in [1.54, 1.807) is 0 Å². The number of aryl methyl sites for hydroxylation is 2. The summed E-state index contributed by atoms with van der Waals surface area (Å²) in [6, 6.07) is 7.70. The van der Waals surface area contributed by atoms with Crippen molar-refractivity contribution >= 4 is 54.8 Å². The van der Waals surface area contributed by atoms with Gasteiger partial charge in [0.1, 0.15) is 0 Å². The van der Waals surface area contributed by atoms with E-state index >= 15 is 0 Å². The lowest BCUT2D eigenvalue weighted by Gasteiger charge is -2.07. The number of hydrogen-bond acceptors (Lipinski definition) is 2. The predicted molar refractivity (Wildman–Crippen MR) is 83.6 cm³/mol. The smallest absolute Gasteiger partial charge is 0.257 e. The third-order valence-electron chi connectivity index (χ3n) is 2.67. The minimum absolute atomic E-state index is 0.105. The summed E-state index contributed by atoms with van der Waals surface area (Å²) in [6.07, 6.45) is 0. The molecule has 1 aromatic heterocycles. The minimum Gasteiger partial charge on any atom is -0.322 e. The van der Waals surface area contributed by atoms with Gasteiger partial charge in [-0.25, -0.2) is 0 Å². The van der Waals surface area contributed by atoms with E-state index in [1.165, 1.54) is 22.5 Å². The number of amides is 1. The molecule has 1 aromatic carbocycles. The van der Waals surface area contributed by atoms with Crippen LogP contribution in [0.25, 0.3) is 0 Å². The first kappa shape index (κ1) is 13.8. The van der Waals surface area contributed by atoms with Crippen LogP contribution >= 0.6 is 43.2 Å². The van der Waals surface area contributed by atoms with Gasteiger partial charge < -0.3 is 5.32 Å². The monoisotopic (exact) mass is 387 g/mol. The first-order valence-electron chi connectivity index (χ1n) is 5.31. The van der Waals surface area contributed by atoms with Crippen molar-refractivity contribution in [2.45, 2.75) is 13.8 Å². The van der Waals surface area contributed by atoms with E-state index in [0.717, 1.165) is 13.3 Å². The van der Waals surface area contributed by atoms with Crippen LogP contribution in [0, 0.1) is 13.8 Å². The predicted octanol–water partition coefficient (Wildman–Crippen LogP) is 5.14. The zero-order chi connectivity index (χ0) is 13.3. The van der Waals surface area contributed by atoms with Crippen molar-refractivity contribution in [3.63, 3.8) is 0 Å². The maximum absolute atomic E-state index is 12.1. The van der Waals surface area contributed by atoms with Crippen molar-refractivity contribution in [1.82, 2.24) is 0 Å². The lowest BCUT2D eigenvalue weighted by molar-refractivity contribution is 0.102. The van der Waals surface area contributed by atoms with E-state index in [4.69, 9.17) is 0 Å². The molecule has 2 aromatic rings. The fourth-order valence-corrected chi connectivity index (χ4v) is 4.31. The van der Waals surface area contributed by atoms with Gasteiger partial charge >= 0.3 is 0 Å². The summed E-state index contributed by atoms with van der Waals surface area (Å²) < 4.78 is 1.76. The van der Waals surface area contributed by atoms with Gasteiger partial charge in [-0.05, 0) is 75.0 Å². The maximum atomic E-state index is 12.1. The molecule has 1 N–H and O–H groups in total. The van der Waals surface area contributed by atoms with Crippen LogP contribution in [0.5, 0.6) is 0 Å². The number of rotatable bonds is 2. The van der Waals surface area contributed by atoms with Crippen molar-refractivity contribution in [3.05, 3.63) is 48.5 Å². The number of hydrogen-bond donors (Lipinski definition) is 1. The van der Waals surface area contributed by atoms with Crippen LogP contribution in [0.4, 0.5) is 5.69 Å². The number of halogens is 2. The molecule has 0 radical (unpaired) electrons. The van der Waals surface area contributed by atoms with Crippen LogP contribution < -0.4 is 5.32 Å². The Morgan fingerprint density at radius 2 is 1.89 bits per heavy atom. The summed E-state index contributed by atoms with van der Waals surface area (Å²) in [7, 11) is 0. The Labute approximate surface area is 127 Å². The number of thiophene rings is 1. The first-order chi connectivity index (χ1) is 8.47. The number of benzene rings is 1. The summed E-state index contributed by atoms with van der Waals surface area (Å²) >= 11 is 8.24. The highest BCUT2D eigenvalue weighted by molar-refractivity contribution is 9.12. The van der Waals surface area contributed by atoms with E-state index in [-0.39, 0.29) is 5.91 Å². The molecule has 0 saturated heterocycles. The Kier molecular flexibility index (Phi) is 4.25. The SMILES string of the molecule is Cc1ccc(NC(=O)c2cc(Br)sc2Br)cc1C. The highest BCUT2D eigenvalue weighted by Gasteiger charge is 2.13. The average molecular weight is 389 g/mol. The van der Waals surface area contributed by atoms with E-state index in [0.29, 0.717) is 5.56 Å². The second-order valence-electron chi connectivity index (χ2n) is 3.99. The second-order valence-corrected chi connectivity index (χ2v) is 7.74. The van der Waals surface area contributed by atoms with Crippen molar-refractivity contribution in [3.8, 4) is 0 Å². The Hall–Kier alpha value is -0.650. The highest BCUT2D eigenvalue weighted by atomic mass is 79.9. The van der Waals surface area contributed by atoms with E-state index in [1.807, 2.05) is 38.1 Å². The molecule has 0 unspecified atom stereocenters. The van der Waals surface area contributed by atoms with Gasteiger partial charge in [0.25, 0.3) is 5.91 Å². The number of carbonyl (C=O) groups excluding carboxylic acids is 1. The molecule has 2 nitrogen and oxygen atoms in total. The normalized spacial score (nSPS) is 10.4. The van der Waals surface area contributed by atoms with Crippen molar-refractivity contribution in [1.29, 1.82) is 0 Å². The van der Waals surface area contributed by atoms with Gasteiger partial charge in [-0.1, -0.05) is 6.07 Å². The molecular weight excluding hydrogens is 378 g/mol. The molecule has 0 bridgehead atoms. The van der Waals surface area contributed by atoms with Crippen LogP contribution in [-0.2, 0) is 0 Å². The van der Waals surface area contributed by atoms with Gasteiger partial charge in [0, 0.05) is 5.69 Å². The van der Waals surface area contributed by atoms with Gasteiger partial charge in [-0.15, -0.1) is 11.3 Å². The molecule has 94 valence electrons. The van der Waals surface area contributed by atoms with E-state index < -0.39 is 0 Å². The van der Waals surface area contributed by atoms with Gasteiger partial charge in [0.05, 0.1) is 13.1 Å². The van der Waals surface area contributed by atoms with Crippen LogP contribution in [0.1, 0.15) is 21.5 Å². The third kappa shape index (κ3) is 3.02. The molecule has 0 aliphatic carbocycles. The van der Waals surface area contributed by atoms with Crippen LogP contribution in [0.15, 0.2) is 31.8 Å². The van der Waals surface area contributed by atoms with Crippen LogP contribution in [0.2, 0.25) is 0 Å². The van der Waals surface area contributed by atoms with Crippen molar-refractivity contribution < 1.29 is 4.79 Å². The quantitative estimate of drug-likeness (QED) is 0.757. The molecule has 0 aliphatic heterocycles.